The van der Waals surface area contributed by atoms with Crippen molar-refractivity contribution >= 4 is 22.8 Å². The highest BCUT2D eigenvalue weighted by atomic mass is 19.1. The third-order valence-corrected chi connectivity index (χ3v) is 4.47. The number of benzene rings is 1. The van der Waals surface area contributed by atoms with E-state index in [2.05, 4.69) is 10.2 Å². The number of H-pyrrole nitrogens is 1. The monoisotopic (exact) mass is 351 g/mol. The maximum absolute atomic E-state index is 14.5. The van der Waals surface area contributed by atoms with Crippen molar-refractivity contribution in [1.82, 2.24) is 15.1 Å². The van der Waals surface area contributed by atoms with Crippen LogP contribution in [0.4, 0.5) is 8.78 Å². The van der Waals surface area contributed by atoms with Gasteiger partial charge in [-0.05, 0) is 25.1 Å². The van der Waals surface area contributed by atoms with E-state index in [1.54, 1.807) is 6.92 Å². The van der Waals surface area contributed by atoms with E-state index in [9.17, 15) is 18.4 Å². The Labute approximate surface area is 143 Å². The number of carbonyl (C=O) groups excluding carboxylic acids is 2. The maximum Gasteiger partial charge on any atom is 0.344 e. The summed E-state index contributed by atoms with van der Waals surface area (Å²) in [7, 11) is 0. The number of rotatable bonds is 4. The maximum atomic E-state index is 14.5. The summed E-state index contributed by atoms with van der Waals surface area (Å²) in [6, 6.07) is 4.16. The molecule has 0 unspecified atom stereocenters. The normalized spacial score (nSPS) is 16.8. The average molecular weight is 351 g/mol. The van der Waals surface area contributed by atoms with Gasteiger partial charge < -0.3 is 9.64 Å². The molecule has 0 atom stereocenters. The molecule has 25 heavy (non-hydrogen) atoms. The molecule has 0 spiro atoms. The second-order valence-corrected chi connectivity index (χ2v) is 6.11. The number of ether oxygens (including phenoxy) is 1. The molecule has 1 N–H and O–H groups in total. The lowest BCUT2D eigenvalue weighted by atomic mass is 9.93. The fourth-order valence-corrected chi connectivity index (χ4v) is 3.01. The van der Waals surface area contributed by atoms with Crippen LogP contribution in [0.15, 0.2) is 18.2 Å². The number of carbonyl (C=O) groups is 2. The summed E-state index contributed by atoms with van der Waals surface area (Å²) >= 11 is 0. The number of fused-ring (bicyclic) bond motifs is 1. The number of nitrogens with one attached hydrogen (secondary N) is 1. The molecule has 3 rings (SSSR count). The average Bonchev–Trinajstić information content (AvgIpc) is 2.98. The molecule has 134 valence electrons. The Kier molecular flexibility index (Phi) is 4.69. The summed E-state index contributed by atoms with van der Waals surface area (Å²) in [6.07, 6.45) is -0.162. The molecular weight excluding hydrogens is 332 g/mol. The van der Waals surface area contributed by atoms with Gasteiger partial charge in [-0.1, -0.05) is 0 Å². The highest BCUT2D eigenvalue weighted by Crippen LogP contribution is 2.28. The van der Waals surface area contributed by atoms with E-state index in [4.69, 9.17) is 4.74 Å². The lowest BCUT2D eigenvalue weighted by Crippen LogP contribution is -2.49. The fourth-order valence-electron chi connectivity index (χ4n) is 3.01. The van der Waals surface area contributed by atoms with Gasteiger partial charge in [0, 0.05) is 31.3 Å². The summed E-state index contributed by atoms with van der Waals surface area (Å²) in [4.78, 5) is 25.6. The Bertz CT molecular complexity index is 798. The van der Waals surface area contributed by atoms with E-state index in [0.717, 1.165) is 0 Å². The molecule has 0 radical (unpaired) electrons. The van der Waals surface area contributed by atoms with E-state index in [1.807, 2.05) is 0 Å². The van der Waals surface area contributed by atoms with Crippen molar-refractivity contribution < 1.29 is 23.1 Å². The Morgan fingerprint density at radius 1 is 1.36 bits per heavy atom. The minimum absolute atomic E-state index is 0.0125. The summed E-state index contributed by atoms with van der Waals surface area (Å²) in [5, 5.41) is 7.34. The third kappa shape index (κ3) is 3.47. The van der Waals surface area contributed by atoms with Crippen LogP contribution in [0.5, 0.6) is 0 Å². The first-order valence-electron chi connectivity index (χ1n) is 8.19. The highest BCUT2D eigenvalue weighted by molar-refractivity contribution is 5.87. The number of alkyl halides is 1. The van der Waals surface area contributed by atoms with Crippen molar-refractivity contribution in [2.75, 3.05) is 19.7 Å². The molecule has 0 bridgehead atoms. The van der Waals surface area contributed by atoms with E-state index in [1.165, 1.54) is 23.1 Å². The Morgan fingerprint density at radius 3 is 2.76 bits per heavy atom. The molecule has 1 aromatic heterocycles. The van der Waals surface area contributed by atoms with Crippen LogP contribution in [-0.2, 0) is 20.7 Å². The number of likely N-dealkylation sites (tertiary alicyclic amines) is 1. The topological polar surface area (TPSA) is 75.3 Å². The number of hydrogen-bond donors (Lipinski definition) is 1. The lowest BCUT2D eigenvalue weighted by Gasteiger charge is -2.34. The molecule has 8 heteroatoms. The summed E-state index contributed by atoms with van der Waals surface area (Å²) in [5.74, 6) is -1.49. The molecule has 0 aliphatic carbocycles. The number of amides is 1. The number of hydrogen-bond acceptors (Lipinski definition) is 4. The first-order valence-corrected chi connectivity index (χ1v) is 8.19. The van der Waals surface area contributed by atoms with Crippen LogP contribution in [-0.4, -0.2) is 52.3 Å². The van der Waals surface area contributed by atoms with Gasteiger partial charge in [0.05, 0.1) is 24.2 Å². The van der Waals surface area contributed by atoms with Gasteiger partial charge >= 0.3 is 5.97 Å². The number of halogens is 2. The first-order chi connectivity index (χ1) is 11.9. The molecule has 0 saturated carbocycles. The second kappa shape index (κ2) is 6.78. The van der Waals surface area contributed by atoms with Gasteiger partial charge in [-0.25, -0.2) is 13.6 Å². The van der Waals surface area contributed by atoms with Crippen molar-refractivity contribution in [2.24, 2.45) is 0 Å². The zero-order valence-electron chi connectivity index (χ0n) is 13.8. The van der Waals surface area contributed by atoms with E-state index in [-0.39, 0.29) is 44.9 Å². The minimum atomic E-state index is -2.03. The summed E-state index contributed by atoms with van der Waals surface area (Å²) < 4.78 is 32.7. The lowest BCUT2D eigenvalue weighted by molar-refractivity contribution is -0.162. The predicted octanol–water partition coefficient (Wildman–Crippen LogP) is 2.14. The second-order valence-electron chi connectivity index (χ2n) is 6.11. The van der Waals surface area contributed by atoms with Crippen LogP contribution in [0.25, 0.3) is 10.9 Å². The molecule has 6 nitrogen and oxygen atoms in total. The Hall–Kier alpha value is -2.51. The summed E-state index contributed by atoms with van der Waals surface area (Å²) in [6.45, 7) is 2.01. The minimum Gasteiger partial charge on any atom is -0.464 e. The van der Waals surface area contributed by atoms with Gasteiger partial charge in [-0.15, -0.1) is 0 Å². The molecule has 2 aromatic rings. The molecule has 1 aliphatic heterocycles. The number of aromatic amines is 1. The number of esters is 1. The van der Waals surface area contributed by atoms with Crippen molar-refractivity contribution in [3.8, 4) is 0 Å². The van der Waals surface area contributed by atoms with Gasteiger partial charge in [0.1, 0.15) is 5.82 Å². The molecule has 1 aliphatic rings. The van der Waals surface area contributed by atoms with Crippen LogP contribution in [0.1, 0.15) is 25.5 Å². The largest absolute Gasteiger partial charge is 0.464 e. The molecule has 1 amide bonds. The molecule has 1 saturated heterocycles. The standard InChI is InChI=1S/C17H19F2N3O3/c1-2-25-16(24)17(19)5-7-22(8-6-17)15(23)10-14-12-9-11(18)3-4-13(12)20-21-14/h3-4,9H,2,5-8,10H2,1H3,(H,20,21). The smallest absolute Gasteiger partial charge is 0.344 e. The van der Waals surface area contributed by atoms with Crippen LogP contribution in [0.2, 0.25) is 0 Å². The van der Waals surface area contributed by atoms with E-state index >= 15 is 0 Å². The predicted molar refractivity (Wildman–Crippen MR) is 86.0 cm³/mol. The van der Waals surface area contributed by atoms with Crippen molar-refractivity contribution in [1.29, 1.82) is 0 Å². The van der Waals surface area contributed by atoms with Gasteiger partial charge in [-0.2, -0.15) is 5.10 Å². The number of nitrogens with zero attached hydrogens (tertiary/aromatic N) is 2. The Morgan fingerprint density at radius 2 is 2.08 bits per heavy atom. The van der Waals surface area contributed by atoms with Crippen molar-refractivity contribution in [3.05, 3.63) is 29.7 Å². The van der Waals surface area contributed by atoms with Crippen LogP contribution in [0.3, 0.4) is 0 Å². The van der Waals surface area contributed by atoms with Gasteiger partial charge in [0.25, 0.3) is 0 Å². The SMILES string of the molecule is CCOC(=O)C1(F)CCN(C(=O)Cc2[nH]nc3ccc(F)cc23)CC1. The zero-order chi connectivity index (χ0) is 18.0. The van der Waals surface area contributed by atoms with Gasteiger partial charge in [0.2, 0.25) is 11.6 Å². The first kappa shape index (κ1) is 17.3. The van der Waals surface area contributed by atoms with Crippen LogP contribution >= 0.6 is 0 Å². The number of piperidine rings is 1. The van der Waals surface area contributed by atoms with Crippen molar-refractivity contribution in [3.63, 3.8) is 0 Å². The molecule has 1 fully saturated rings. The van der Waals surface area contributed by atoms with Gasteiger partial charge in [0.15, 0.2) is 0 Å². The molecule has 1 aromatic carbocycles. The van der Waals surface area contributed by atoms with E-state index < -0.39 is 17.5 Å². The number of aromatic nitrogens is 2. The molecular formula is C17H19F2N3O3. The fraction of sp³-hybridized carbons (Fsp3) is 0.471. The van der Waals surface area contributed by atoms with Crippen LogP contribution < -0.4 is 0 Å². The van der Waals surface area contributed by atoms with Gasteiger partial charge in [-0.3, -0.25) is 9.89 Å². The quantitative estimate of drug-likeness (QED) is 0.857. The highest BCUT2D eigenvalue weighted by Gasteiger charge is 2.43. The zero-order valence-corrected chi connectivity index (χ0v) is 13.8. The van der Waals surface area contributed by atoms with Crippen LogP contribution in [0, 0.1) is 5.82 Å². The third-order valence-electron chi connectivity index (χ3n) is 4.47. The molecule has 2 heterocycles. The van der Waals surface area contributed by atoms with E-state index in [0.29, 0.717) is 16.6 Å². The summed E-state index contributed by atoms with van der Waals surface area (Å²) in [5.41, 5.74) is -0.939. The van der Waals surface area contributed by atoms with Crippen molar-refractivity contribution in [2.45, 2.75) is 31.9 Å². The Balaban J connectivity index is 1.65.